The Balaban J connectivity index is 1.86. The lowest BCUT2D eigenvalue weighted by Gasteiger charge is -2.06. The number of hydrogen-bond donors (Lipinski definition) is 1. The van der Waals surface area contributed by atoms with Crippen LogP contribution in [0.5, 0.6) is 0 Å². The quantitative estimate of drug-likeness (QED) is 0.484. The highest BCUT2D eigenvalue weighted by Crippen LogP contribution is 2.31. The zero-order valence-corrected chi connectivity index (χ0v) is 16.4. The maximum absolute atomic E-state index is 12.9. The lowest BCUT2D eigenvalue weighted by atomic mass is 10.0. The van der Waals surface area contributed by atoms with E-state index < -0.39 is 23.5 Å². The van der Waals surface area contributed by atoms with Crippen LogP contribution in [0.3, 0.4) is 0 Å². The van der Waals surface area contributed by atoms with Crippen LogP contribution in [0.25, 0.3) is 11.4 Å². The molecule has 0 aliphatic rings. The van der Waals surface area contributed by atoms with Gasteiger partial charge in [0.1, 0.15) is 6.54 Å². The molecule has 0 aliphatic heterocycles. The molecule has 0 spiro atoms. The number of esters is 1. The number of carbonyl (C=O) groups is 2. The van der Waals surface area contributed by atoms with Gasteiger partial charge in [-0.3, -0.25) is 4.79 Å². The van der Waals surface area contributed by atoms with Gasteiger partial charge in [0.2, 0.25) is 5.82 Å². The van der Waals surface area contributed by atoms with Gasteiger partial charge >= 0.3 is 12.1 Å². The van der Waals surface area contributed by atoms with E-state index in [-0.39, 0.29) is 35.7 Å². The van der Waals surface area contributed by atoms with Crippen LogP contribution in [-0.4, -0.2) is 43.6 Å². The summed E-state index contributed by atoms with van der Waals surface area (Å²) in [7, 11) is 0. The summed E-state index contributed by atoms with van der Waals surface area (Å²) in [6.45, 7) is 4.75. The Morgan fingerprint density at radius 2 is 1.87 bits per heavy atom. The molecule has 0 saturated heterocycles. The summed E-state index contributed by atoms with van der Waals surface area (Å²) in [6, 6.07) is 4.49. The molecule has 0 unspecified atom stereocenters. The summed E-state index contributed by atoms with van der Waals surface area (Å²) in [5, 5.41) is 11.5. The van der Waals surface area contributed by atoms with Crippen molar-refractivity contribution in [2.24, 2.45) is 0 Å². The molecule has 158 valence electrons. The molecular formula is C19H18F3N5O3. The Morgan fingerprint density at radius 1 is 1.17 bits per heavy atom. The van der Waals surface area contributed by atoms with Crippen LogP contribution in [0.1, 0.15) is 44.6 Å². The van der Waals surface area contributed by atoms with Crippen LogP contribution in [0.4, 0.5) is 13.2 Å². The average molecular weight is 421 g/mol. The lowest BCUT2D eigenvalue weighted by molar-refractivity contribution is -0.137. The number of tetrazole rings is 1. The lowest BCUT2D eigenvalue weighted by Crippen LogP contribution is -2.17. The molecule has 3 aromatic rings. The van der Waals surface area contributed by atoms with Gasteiger partial charge in [0.25, 0.3) is 0 Å². The van der Waals surface area contributed by atoms with Gasteiger partial charge in [-0.25, -0.2) is 4.79 Å². The maximum Gasteiger partial charge on any atom is 0.416 e. The van der Waals surface area contributed by atoms with E-state index in [4.69, 9.17) is 4.74 Å². The van der Waals surface area contributed by atoms with Crippen molar-refractivity contribution in [3.05, 3.63) is 52.3 Å². The van der Waals surface area contributed by atoms with Crippen molar-refractivity contribution in [2.45, 2.75) is 33.5 Å². The van der Waals surface area contributed by atoms with E-state index >= 15 is 0 Å². The molecule has 0 radical (unpaired) electrons. The molecule has 2 heterocycles. The summed E-state index contributed by atoms with van der Waals surface area (Å²) < 4.78 is 43.7. The second kappa shape index (κ2) is 8.09. The van der Waals surface area contributed by atoms with E-state index in [2.05, 4.69) is 20.4 Å². The molecule has 0 bridgehead atoms. The molecule has 0 atom stereocenters. The van der Waals surface area contributed by atoms with E-state index in [9.17, 15) is 22.8 Å². The van der Waals surface area contributed by atoms with Gasteiger partial charge in [0.05, 0.1) is 23.3 Å². The second-order valence-corrected chi connectivity index (χ2v) is 6.49. The number of rotatable bonds is 6. The minimum atomic E-state index is -4.50. The topological polar surface area (TPSA) is 103 Å². The van der Waals surface area contributed by atoms with Crippen molar-refractivity contribution >= 4 is 11.8 Å². The number of carbonyl (C=O) groups excluding carboxylic acids is 2. The fourth-order valence-corrected chi connectivity index (χ4v) is 3.06. The van der Waals surface area contributed by atoms with Gasteiger partial charge in [-0.1, -0.05) is 12.1 Å². The van der Waals surface area contributed by atoms with Crippen LogP contribution in [-0.2, 0) is 17.5 Å². The Morgan fingerprint density at radius 3 is 2.53 bits per heavy atom. The number of nitrogens with zero attached hydrogens (tertiary/aromatic N) is 4. The van der Waals surface area contributed by atoms with Gasteiger partial charge < -0.3 is 9.72 Å². The number of benzene rings is 1. The van der Waals surface area contributed by atoms with E-state index in [1.54, 1.807) is 20.8 Å². The molecule has 0 amide bonds. The Bertz CT molecular complexity index is 1100. The molecule has 0 aliphatic carbocycles. The van der Waals surface area contributed by atoms with Crippen LogP contribution in [0, 0.1) is 13.8 Å². The molecule has 0 saturated carbocycles. The third kappa shape index (κ3) is 4.24. The molecule has 1 aromatic carbocycles. The number of aromatic nitrogens is 5. The second-order valence-electron chi connectivity index (χ2n) is 6.49. The van der Waals surface area contributed by atoms with Crippen molar-refractivity contribution in [2.75, 3.05) is 6.61 Å². The summed E-state index contributed by atoms with van der Waals surface area (Å²) in [5.74, 6) is -1.15. The minimum Gasteiger partial charge on any atom is -0.462 e. The maximum atomic E-state index is 12.9. The van der Waals surface area contributed by atoms with E-state index in [1.165, 1.54) is 12.1 Å². The number of alkyl halides is 3. The highest BCUT2D eigenvalue weighted by Gasteiger charge is 2.31. The minimum absolute atomic E-state index is 0.0542. The zero-order chi connectivity index (χ0) is 22.1. The standard InChI is InChI=1S/C19H18F3N5O3/c1-4-30-18(29)16-11(3)23-10(2)15(16)14(28)9-27-25-17(24-26-27)12-6-5-7-13(8-12)19(20,21)22/h5-8,23H,4,9H2,1-3H3. The van der Waals surface area contributed by atoms with Gasteiger partial charge in [-0.2, -0.15) is 18.0 Å². The number of nitrogens with one attached hydrogen (secondary N) is 1. The fraction of sp³-hybridized carbons (Fsp3) is 0.316. The van der Waals surface area contributed by atoms with E-state index in [1.807, 2.05) is 0 Å². The Labute approximate surface area is 169 Å². The number of hydrogen-bond acceptors (Lipinski definition) is 6. The molecule has 3 rings (SSSR count). The van der Waals surface area contributed by atoms with Crippen LogP contribution >= 0.6 is 0 Å². The number of H-pyrrole nitrogens is 1. The van der Waals surface area contributed by atoms with Crippen molar-refractivity contribution in [1.29, 1.82) is 0 Å². The normalized spacial score (nSPS) is 11.5. The molecule has 1 N–H and O–H groups in total. The first-order chi connectivity index (χ1) is 14.1. The van der Waals surface area contributed by atoms with Crippen LogP contribution in [0.2, 0.25) is 0 Å². The van der Waals surface area contributed by atoms with Gasteiger partial charge in [-0.15, -0.1) is 10.2 Å². The molecule has 8 nitrogen and oxygen atoms in total. The average Bonchev–Trinajstić information content (AvgIpc) is 3.25. The van der Waals surface area contributed by atoms with Crippen LogP contribution < -0.4 is 0 Å². The number of aryl methyl sites for hydroxylation is 2. The van der Waals surface area contributed by atoms with Gasteiger partial charge in [0.15, 0.2) is 5.78 Å². The first-order valence-corrected chi connectivity index (χ1v) is 8.96. The van der Waals surface area contributed by atoms with Gasteiger partial charge in [0, 0.05) is 17.0 Å². The van der Waals surface area contributed by atoms with E-state index in [0.717, 1.165) is 16.9 Å². The Kier molecular flexibility index (Phi) is 5.72. The third-order valence-corrected chi connectivity index (χ3v) is 4.32. The number of ether oxygens (including phenoxy) is 1. The molecule has 0 fully saturated rings. The van der Waals surface area contributed by atoms with Crippen molar-refractivity contribution in [1.82, 2.24) is 25.2 Å². The van der Waals surface area contributed by atoms with Crippen LogP contribution in [0.15, 0.2) is 24.3 Å². The first kappa shape index (κ1) is 21.2. The predicted molar refractivity (Wildman–Crippen MR) is 98.8 cm³/mol. The highest BCUT2D eigenvalue weighted by molar-refractivity contribution is 6.08. The zero-order valence-electron chi connectivity index (χ0n) is 16.4. The van der Waals surface area contributed by atoms with E-state index in [0.29, 0.717) is 11.4 Å². The highest BCUT2D eigenvalue weighted by atomic mass is 19.4. The number of aromatic amines is 1. The molecular weight excluding hydrogens is 403 g/mol. The SMILES string of the molecule is CCOC(=O)c1c(C)[nH]c(C)c1C(=O)Cn1nnc(-c2cccc(C(F)(F)F)c2)n1. The fourth-order valence-electron chi connectivity index (χ4n) is 3.06. The van der Waals surface area contributed by atoms with Crippen molar-refractivity contribution in [3.63, 3.8) is 0 Å². The summed E-state index contributed by atoms with van der Waals surface area (Å²) >= 11 is 0. The van der Waals surface area contributed by atoms with Gasteiger partial charge in [-0.05, 0) is 38.1 Å². The number of ketones is 1. The Hall–Kier alpha value is -3.50. The summed E-state index contributed by atoms with van der Waals surface area (Å²) in [6.07, 6.45) is -4.50. The molecule has 2 aromatic heterocycles. The van der Waals surface area contributed by atoms with Crippen molar-refractivity contribution in [3.8, 4) is 11.4 Å². The summed E-state index contributed by atoms with van der Waals surface area (Å²) in [5.41, 5.74) is 0.542. The third-order valence-electron chi connectivity index (χ3n) is 4.32. The van der Waals surface area contributed by atoms with Crippen molar-refractivity contribution < 1.29 is 27.5 Å². The predicted octanol–water partition coefficient (Wildman–Crippen LogP) is 3.36. The first-order valence-electron chi connectivity index (χ1n) is 8.96. The number of halogens is 3. The molecule has 11 heteroatoms. The molecule has 30 heavy (non-hydrogen) atoms. The summed E-state index contributed by atoms with van der Waals surface area (Å²) in [4.78, 5) is 28.9. The number of Topliss-reactive ketones (excluding diaryl/α,β-unsaturated/α-hetero) is 1. The largest absolute Gasteiger partial charge is 0.462 e. The monoisotopic (exact) mass is 421 g/mol. The smallest absolute Gasteiger partial charge is 0.416 e.